The molecule has 1 aromatic heterocycles. The maximum Gasteiger partial charge on any atom is 0.0479 e. The van der Waals surface area contributed by atoms with Crippen molar-refractivity contribution in [3.05, 3.63) is 36.0 Å². The fourth-order valence-electron chi connectivity index (χ4n) is 1.69. The second-order valence-electron chi connectivity index (χ2n) is 4.84. The van der Waals surface area contributed by atoms with Crippen molar-refractivity contribution < 1.29 is 0 Å². The number of nitrogens with zero attached hydrogens (tertiary/aromatic N) is 1. The van der Waals surface area contributed by atoms with Gasteiger partial charge >= 0.3 is 0 Å². The highest BCUT2D eigenvalue weighted by Crippen LogP contribution is 2.18. The molecule has 0 saturated heterocycles. The molecule has 0 atom stereocenters. The second-order valence-corrected chi connectivity index (χ2v) is 4.84. The van der Waals surface area contributed by atoms with Gasteiger partial charge in [0.2, 0.25) is 0 Å². The number of hydrogen-bond acceptors (Lipinski definition) is 0. The summed E-state index contributed by atoms with van der Waals surface area (Å²) in [5.74, 6) is 0.833. The molecule has 0 radical (unpaired) electrons. The van der Waals surface area contributed by atoms with Crippen LogP contribution in [0.15, 0.2) is 30.3 Å². The van der Waals surface area contributed by atoms with Gasteiger partial charge in [0.05, 0.1) is 0 Å². The number of fused-ring (bicyclic) bond motifs is 1. The lowest BCUT2D eigenvalue weighted by molar-refractivity contribution is 0.737. The van der Waals surface area contributed by atoms with Crippen LogP contribution in [0.5, 0.6) is 0 Å². The predicted molar refractivity (Wildman–Crippen MR) is 84.2 cm³/mol. The Bertz CT molecular complexity index is 435. The van der Waals surface area contributed by atoms with Gasteiger partial charge < -0.3 is 4.57 Å². The van der Waals surface area contributed by atoms with Crippen molar-refractivity contribution in [1.29, 1.82) is 0 Å². The molecule has 0 N–H and O–H groups in total. The van der Waals surface area contributed by atoms with Crippen molar-refractivity contribution in [2.45, 2.75) is 48.0 Å². The Kier molecular flexibility index (Phi) is 8.19. The Morgan fingerprint density at radius 1 is 1.06 bits per heavy atom. The van der Waals surface area contributed by atoms with Crippen molar-refractivity contribution in [3.63, 3.8) is 0 Å². The Hall–Kier alpha value is -1.24. The summed E-state index contributed by atoms with van der Waals surface area (Å²) in [6.07, 6.45) is 1.10. The topological polar surface area (TPSA) is 4.93 Å². The number of aryl methyl sites for hydroxylation is 2. The monoisotopic (exact) mass is 247 g/mol. The third kappa shape index (κ3) is 4.95. The molecule has 1 nitrogen and oxygen atoms in total. The Labute approximate surface area is 113 Å². The van der Waals surface area contributed by atoms with E-state index in [1.807, 2.05) is 13.8 Å². The van der Waals surface area contributed by atoms with Crippen molar-refractivity contribution >= 4 is 10.9 Å². The number of para-hydroxylation sites is 1. The minimum atomic E-state index is 0.833. The highest BCUT2D eigenvalue weighted by Gasteiger charge is 2.01. The van der Waals surface area contributed by atoms with Crippen molar-refractivity contribution in [1.82, 2.24) is 4.57 Å². The lowest BCUT2D eigenvalue weighted by Gasteiger charge is -1.99. The van der Waals surface area contributed by atoms with Crippen molar-refractivity contribution in [2.75, 3.05) is 0 Å². The molecular weight excluding hydrogens is 218 g/mol. The maximum atomic E-state index is 2.26. The molecule has 1 heteroatoms. The van der Waals surface area contributed by atoms with Crippen LogP contribution in [0, 0.1) is 5.92 Å². The normalized spacial score (nSPS) is 9.56. The average molecular weight is 247 g/mol. The largest absolute Gasteiger partial charge is 0.348 e. The molecule has 0 spiro atoms. The molecule has 18 heavy (non-hydrogen) atoms. The first-order valence-electron chi connectivity index (χ1n) is 7.09. The minimum absolute atomic E-state index is 0.833. The molecule has 0 aliphatic rings. The van der Waals surface area contributed by atoms with Gasteiger partial charge in [-0.3, -0.25) is 0 Å². The quantitative estimate of drug-likeness (QED) is 0.633. The zero-order chi connectivity index (χ0) is 14.1. The fraction of sp³-hybridized carbons (Fsp3) is 0.529. The van der Waals surface area contributed by atoms with E-state index in [1.54, 1.807) is 0 Å². The van der Waals surface area contributed by atoms with E-state index in [0.29, 0.717) is 0 Å². The molecule has 2 rings (SSSR count). The zero-order valence-corrected chi connectivity index (χ0v) is 13.1. The van der Waals surface area contributed by atoms with Gasteiger partial charge in [0, 0.05) is 18.3 Å². The van der Waals surface area contributed by atoms with Gasteiger partial charge in [0.15, 0.2) is 0 Å². The molecular formula is C17H29N. The number of rotatable bonds is 1. The molecule has 0 fully saturated rings. The molecule has 0 bridgehead atoms. The Balaban J connectivity index is 0.000000415. The van der Waals surface area contributed by atoms with Crippen molar-refractivity contribution in [3.8, 4) is 0 Å². The standard InChI is InChI=1S/C11H13N.C4H10.C2H6/c1-3-10-8-9-6-4-5-7-11(9)12(10)2;1-4(2)3;1-2/h4-8H,3H2,1-2H3;4H,1-3H3;1-2H3. The first-order chi connectivity index (χ1) is 8.56. The van der Waals surface area contributed by atoms with E-state index in [-0.39, 0.29) is 0 Å². The minimum Gasteiger partial charge on any atom is -0.348 e. The van der Waals surface area contributed by atoms with E-state index >= 15 is 0 Å². The number of benzene rings is 1. The molecule has 1 heterocycles. The summed E-state index contributed by atoms with van der Waals surface area (Å²) in [7, 11) is 2.13. The zero-order valence-electron chi connectivity index (χ0n) is 13.1. The van der Waals surface area contributed by atoms with E-state index in [4.69, 9.17) is 0 Å². The first-order valence-corrected chi connectivity index (χ1v) is 7.09. The smallest absolute Gasteiger partial charge is 0.0479 e. The van der Waals surface area contributed by atoms with Gasteiger partial charge in [-0.05, 0) is 29.9 Å². The van der Waals surface area contributed by atoms with E-state index < -0.39 is 0 Å². The summed E-state index contributed by atoms with van der Waals surface area (Å²) in [4.78, 5) is 0. The molecule has 102 valence electrons. The van der Waals surface area contributed by atoms with E-state index in [0.717, 1.165) is 12.3 Å². The maximum absolute atomic E-state index is 2.26. The third-order valence-corrected chi connectivity index (χ3v) is 2.41. The summed E-state index contributed by atoms with van der Waals surface area (Å²) in [5, 5.41) is 1.34. The molecule has 0 unspecified atom stereocenters. The highest BCUT2D eigenvalue weighted by molar-refractivity contribution is 5.81. The van der Waals surface area contributed by atoms with Crippen LogP contribution in [0.25, 0.3) is 10.9 Å². The van der Waals surface area contributed by atoms with Crippen LogP contribution < -0.4 is 0 Å². The first kappa shape index (κ1) is 16.8. The van der Waals surface area contributed by atoms with Crippen LogP contribution in [-0.2, 0) is 13.5 Å². The summed E-state index contributed by atoms with van der Waals surface area (Å²) < 4.78 is 2.26. The second kappa shape index (κ2) is 8.79. The van der Waals surface area contributed by atoms with Crippen LogP contribution in [0.3, 0.4) is 0 Å². The SMILES string of the molecule is CC.CC(C)C.CCc1cc2ccccc2n1C. The van der Waals surface area contributed by atoms with Crippen LogP contribution >= 0.6 is 0 Å². The summed E-state index contributed by atoms with van der Waals surface area (Å²) >= 11 is 0. The molecule has 0 aliphatic heterocycles. The van der Waals surface area contributed by atoms with Gasteiger partial charge in [0.25, 0.3) is 0 Å². The predicted octanol–water partition coefficient (Wildman–Crippen LogP) is 5.43. The molecule has 0 amide bonds. The highest BCUT2D eigenvalue weighted by atomic mass is 14.9. The van der Waals surface area contributed by atoms with Crippen LogP contribution in [0.4, 0.5) is 0 Å². The van der Waals surface area contributed by atoms with Gasteiger partial charge in [-0.1, -0.05) is 59.7 Å². The third-order valence-electron chi connectivity index (χ3n) is 2.41. The Morgan fingerprint density at radius 3 is 2.00 bits per heavy atom. The summed E-state index contributed by atoms with van der Waals surface area (Å²) in [6.45, 7) is 12.7. The van der Waals surface area contributed by atoms with E-state index in [9.17, 15) is 0 Å². The van der Waals surface area contributed by atoms with Crippen LogP contribution in [0.1, 0.15) is 47.2 Å². The van der Waals surface area contributed by atoms with Crippen LogP contribution in [0.2, 0.25) is 0 Å². The number of aromatic nitrogens is 1. The molecule has 1 aromatic carbocycles. The molecule has 0 saturated carbocycles. The molecule has 2 aromatic rings. The van der Waals surface area contributed by atoms with Gasteiger partial charge in [0.1, 0.15) is 0 Å². The van der Waals surface area contributed by atoms with Gasteiger partial charge in [-0.2, -0.15) is 0 Å². The van der Waals surface area contributed by atoms with E-state index in [1.165, 1.54) is 16.6 Å². The molecule has 0 aliphatic carbocycles. The summed E-state index contributed by atoms with van der Waals surface area (Å²) in [6, 6.07) is 10.8. The van der Waals surface area contributed by atoms with E-state index in [2.05, 4.69) is 69.6 Å². The lowest BCUT2D eigenvalue weighted by Crippen LogP contribution is -1.92. The Morgan fingerprint density at radius 2 is 1.56 bits per heavy atom. The van der Waals surface area contributed by atoms with Gasteiger partial charge in [-0.25, -0.2) is 0 Å². The van der Waals surface area contributed by atoms with Crippen molar-refractivity contribution in [2.24, 2.45) is 13.0 Å². The average Bonchev–Trinajstić information content (AvgIpc) is 2.69. The van der Waals surface area contributed by atoms with Gasteiger partial charge in [-0.15, -0.1) is 0 Å². The number of hydrogen-bond donors (Lipinski definition) is 0. The van der Waals surface area contributed by atoms with Crippen LogP contribution in [-0.4, -0.2) is 4.57 Å². The lowest BCUT2D eigenvalue weighted by atomic mass is 10.2. The summed E-state index contributed by atoms with van der Waals surface area (Å²) in [5.41, 5.74) is 2.73. The fourth-order valence-corrected chi connectivity index (χ4v) is 1.69.